The van der Waals surface area contributed by atoms with E-state index in [2.05, 4.69) is 12.2 Å². The Morgan fingerprint density at radius 1 is 1.00 bits per heavy atom. The molecule has 5 atom stereocenters. The fourth-order valence-corrected chi connectivity index (χ4v) is 5.06. The zero-order chi connectivity index (χ0) is 21.0. The van der Waals surface area contributed by atoms with Crippen LogP contribution in [0.1, 0.15) is 29.3 Å². The maximum Gasteiger partial charge on any atom is 0.238 e. The van der Waals surface area contributed by atoms with E-state index in [1.165, 1.54) is 4.90 Å². The van der Waals surface area contributed by atoms with Crippen molar-refractivity contribution in [3.8, 4) is 5.75 Å². The Kier molecular flexibility index (Phi) is 4.35. The Morgan fingerprint density at radius 3 is 2.27 bits per heavy atom. The van der Waals surface area contributed by atoms with Gasteiger partial charge in [-0.1, -0.05) is 48.0 Å². The highest BCUT2D eigenvalue weighted by atomic mass is 16.5. The van der Waals surface area contributed by atoms with Crippen molar-refractivity contribution in [1.29, 1.82) is 0 Å². The van der Waals surface area contributed by atoms with Crippen molar-refractivity contribution in [3.63, 3.8) is 0 Å². The van der Waals surface area contributed by atoms with Crippen LogP contribution >= 0.6 is 0 Å². The van der Waals surface area contributed by atoms with Gasteiger partial charge in [0, 0.05) is 11.6 Å². The molecule has 5 heteroatoms. The summed E-state index contributed by atoms with van der Waals surface area (Å²) in [5.74, 6) is -0.0324. The third-order valence-electron chi connectivity index (χ3n) is 6.56. The molecule has 1 aliphatic heterocycles. The number of aryl methyl sites for hydroxylation is 1. The standard InChI is InChI=1S/C25H23NO4/c1-14-6-8-16(9-7-14)23(27)15(2)30-20-5-3-4-19(13-20)26-24(28)21-17-10-11-18(12-17)22(21)25(26)29/h3-11,13,15,17-18,21-22H,12H2,1-2H3/t15-,17-,18+,21-,22+/m0/s1. The smallest absolute Gasteiger partial charge is 0.238 e. The Labute approximate surface area is 175 Å². The quantitative estimate of drug-likeness (QED) is 0.432. The number of amides is 2. The highest BCUT2D eigenvalue weighted by Crippen LogP contribution is 2.53. The number of Topliss-reactive ketones (excluding diaryl/α,β-unsaturated/α-hetero) is 1. The zero-order valence-corrected chi connectivity index (χ0v) is 16.9. The first kappa shape index (κ1) is 18.8. The van der Waals surface area contributed by atoms with Gasteiger partial charge in [-0.25, -0.2) is 4.90 Å². The first-order valence-corrected chi connectivity index (χ1v) is 10.4. The van der Waals surface area contributed by atoms with Gasteiger partial charge in [0.2, 0.25) is 17.6 Å². The second-order valence-corrected chi connectivity index (χ2v) is 8.50. The second kappa shape index (κ2) is 6.94. The number of carbonyl (C=O) groups excluding carboxylic acids is 3. The van der Waals surface area contributed by atoms with Crippen molar-refractivity contribution in [2.45, 2.75) is 26.4 Å². The molecule has 1 saturated heterocycles. The number of fused-ring (bicyclic) bond motifs is 5. The lowest BCUT2D eigenvalue weighted by atomic mass is 9.85. The molecular formula is C25H23NO4. The number of ketones is 1. The van der Waals surface area contributed by atoms with E-state index < -0.39 is 6.10 Å². The van der Waals surface area contributed by atoms with E-state index in [0.29, 0.717) is 17.0 Å². The van der Waals surface area contributed by atoms with Gasteiger partial charge in [0.25, 0.3) is 0 Å². The van der Waals surface area contributed by atoms with Crippen molar-refractivity contribution >= 4 is 23.3 Å². The van der Waals surface area contributed by atoms with Crippen LogP contribution in [0, 0.1) is 30.6 Å². The second-order valence-electron chi connectivity index (χ2n) is 8.50. The number of anilines is 1. The number of benzene rings is 2. The lowest BCUT2D eigenvalue weighted by Gasteiger charge is -2.19. The molecule has 2 aromatic rings. The summed E-state index contributed by atoms with van der Waals surface area (Å²) in [6.45, 7) is 3.67. The van der Waals surface area contributed by atoms with E-state index in [4.69, 9.17) is 4.74 Å². The maximum atomic E-state index is 13.0. The SMILES string of the molecule is Cc1ccc(C(=O)[C@H](C)Oc2cccc(N3C(=O)[C@@H]4[C@H](C3=O)[C@@H]3C=C[C@H]4C3)c2)cc1. The van der Waals surface area contributed by atoms with Gasteiger partial charge in [0.05, 0.1) is 17.5 Å². The van der Waals surface area contributed by atoms with E-state index in [9.17, 15) is 14.4 Å². The van der Waals surface area contributed by atoms with Crippen LogP contribution in [-0.4, -0.2) is 23.7 Å². The largest absolute Gasteiger partial charge is 0.482 e. The number of hydrogen-bond acceptors (Lipinski definition) is 4. The predicted molar refractivity (Wildman–Crippen MR) is 112 cm³/mol. The minimum atomic E-state index is -0.688. The van der Waals surface area contributed by atoms with E-state index in [0.717, 1.165) is 12.0 Å². The van der Waals surface area contributed by atoms with Gasteiger partial charge in [0.1, 0.15) is 5.75 Å². The fraction of sp³-hybridized carbons (Fsp3) is 0.320. The number of carbonyl (C=O) groups is 3. The van der Waals surface area contributed by atoms with Crippen molar-refractivity contribution in [2.24, 2.45) is 23.7 Å². The van der Waals surface area contributed by atoms with Gasteiger partial charge in [-0.05, 0) is 44.2 Å². The summed E-state index contributed by atoms with van der Waals surface area (Å²) < 4.78 is 5.87. The summed E-state index contributed by atoms with van der Waals surface area (Å²) in [6.07, 6.45) is 4.38. The summed E-state index contributed by atoms with van der Waals surface area (Å²) in [5, 5.41) is 0. The first-order chi connectivity index (χ1) is 14.4. The lowest BCUT2D eigenvalue weighted by molar-refractivity contribution is -0.123. The van der Waals surface area contributed by atoms with Crippen LogP contribution in [0.15, 0.2) is 60.7 Å². The number of ether oxygens (including phenoxy) is 1. The van der Waals surface area contributed by atoms with Gasteiger partial charge < -0.3 is 4.74 Å². The fourth-order valence-electron chi connectivity index (χ4n) is 5.06. The minimum absolute atomic E-state index is 0.120. The van der Waals surface area contributed by atoms with Crippen molar-refractivity contribution in [1.82, 2.24) is 0 Å². The summed E-state index contributed by atoms with van der Waals surface area (Å²) in [6, 6.07) is 14.3. The topological polar surface area (TPSA) is 63.7 Å². The normalized spacial score (nSPS) is 27.5. The number of nitrogens with zero attached hydrogens (tertiary/aromatic N) is 1. The summed E-state index contributed by atoms with van der Waals surface area (Å²) in [5.41, 5.74) is 2.18. The summed E-state index contributed by atoms with van der Waals surface area (Å²) >= 11 is 0. The van der Waals surface area contributed by atoms with Crippen LogP contribution < -0.4 is 9.64 Å². The molecule has 5 rings (SSSR count). The van der Waals surface area contributed by atoms with Crippen LogP contribution in [0.3, 0.4) is 0 Å². The Morgan fingerprint density at radius 2 is 1.63 bits per heavy atom. The monoisotopic (exact) mass is 401 g/mol. The summed E-state index contributed by atoms with van der Waals surface area (Å²) in [7, 11) is 0. The first-order valence-electron chi connectivity index (χ1n) is 10.4. The number of allylic oxidation sites excluding steroid dienone is 2. The highest BCUT2D eigenvalue weighted by Gasteiger charge is 2.59. The van der Waals surface area contributed by atoms with Gasteiger partial charge in [0.15, 0.2) is 6.10 Å². The molecule has 2 aliphatic carbocycles. The molecule has 0 spiro atoms. The lowest BCUT2D eigenvalue weighted by Crippen LogP contribution is -2.33. The molecule has 2 aromatic carbocycles. The number of rotatable bonds is 5. The van der Waals surface area contributed by atoms with Crippen LogP contribution in [0.5, 0.6) is 5.75 Å². The molecule has 2 fully saturated rings. The molecule has 152 valence electrons. The third-order valence-corrected chi connectivity index (χ3v) is 6.56. The Hall–Kier alpha value is -3.21. The molecule has 30 heavy (non-hydrogen) atoms. The number of imide groups is 1. The van der Waals surface area contributed by atoms with Crippen LogP contribution in [-0.2, 0) is 9.59 Å². The zero-order valence-electron chi connectivity index (χ0n) is 16.9. The van der Waals surface area contributed by atoms with Crippen molar-refractivity contribution in [3.05, 3.63) is 71.8 Å². The van der Waals surface area contributed by atoms with Crippen molar-refractivity contribution < 1.29 is 19.1 Å². The van der Waals surface area contributed by atoms with Crippen LogP contribution in [0.2, 0.25) is 0 Å². The van der Waals surface area contributed by atoms with E-state index >= 15 is 0 Å². The molecular weight excluding hydrogens is 378 g/mol. The third kappa shape index (κ3) is 2.88. The molecule has 0 unspecified atom stereocenters. The van der Waals surface area contributed by atoms with Crippen LogP contribution in [0.4, 0.5) is 5.69 Å². The molecule has 5 nitrogen and oxygen atoms in total. The molecule has 2 amide bonds. The van der Waals surface area contributed by atoms with E-state index in [-0.39, 0.29) is 41.3 Å². The Bertz CT molecular complexity index is 1040. The van der Waals surface area contributed by atoms with Gasteiger partial charge >= 0.3 is 0 Å². The molecule has 2 bridgehead atoms. The van der Waals surface area contributed by atoms with Gasteiger partial charge in [-0.3, -0.25) is 14.4 Å². The van der Waals surface area contributed by atoms with Gasteiger partial charge in [-0.2, -0.15) is 0 Å². The molecule has 0 aromatic heterocycles. The van der Waals surface area contributed by atoms with E-state index in [1.807, 2.05) is 19.1 Å². The average molecular weight is 401 g/mol. The Balaban J connectivity index is 1.35. The molecule has 0 radical (unpaired) electrons. The van der Waals surface area contributed by atoms with Crippen LogP contribution in [0.25, 0.3) is 0 Å². The van der Waals surface area contributed by atoms with Crippen molar-refractivity contribution in [2.75, 3.05) is 4.90 Å². The minimum Gasteiger partial charge on any atom is -0.482 e. The van der Waals surface area contributed by atoms with Gasteiger partial charge in [-0.15, -0.1) is 0 Å². The molecule has 0 N–H and O–H groups in total. The predicted octanol–water partition coefficient (Wildman–Crippen LogP) is 3.96. The van der Waals surface area contributed by atoms with E-state index in [1.54, 1.807) is 43.3 Å². The number of hydrogen-bond donors (Lipinski definition) is 0. The highest BCUT2D eigenvalue weighted by molar-refractivity contribution is 6.22. The molecule has 1 heterocycles. The molecule has 1 saturated carbocycles. The molecule has 3 aliphatic rings. The maximum absolute atomic E-state index is 13.0. The summed E-state index contributed by atoms with van der Waals surface area (Å²) in [4.78, 5) is 40.0. The average Bonchev–Trinajstić information content (AvgIpc) is 3.42.